The number of hydrogen-bond acceptors (Lipinski definition) is 6. The van der Waals surface area contributed by atoms with Crippen LogP contribution in [0.15, 0.2) is 18.2 Å². The summed E-state index contributed by atoms with van der Waals surface area (Å²) in [6.45, 7) is 5.01. The van der Waals surface area contributed by atoms with Gasteiger partial charge in [-0.25, -0.2) is 4.79 Å². The fraction of sp³-hybridized carbons (Fsp3) is 0.357. The van der Waals surface area contributed by atoms with Crippen LogP contribution >= 0.6 is 7.80 Å². The van der Waals surface area contributed by atoms with Gasteiger partial charge in [0.05, 0.1) is 28.4 Å². The van der Waals surface area contributed by atoms with Gasteiger partial charge in [-0.2, -0.15) is 0 Å². The predicted octanol–water partition coefficient (Wildman–Crippen LogP) is 2.28. The quantitative estimate of drug-likeness (QED) is 0.568. The first-order valence-corrected chi connectivity index (χ1v) is 7.22. The van der Waals surface area contributed by atoms with Crippen molar-refractivity contribution in [2.45, 2.75) is 6.92 Å². The normalized spacial score (nSPS) is 10.6. The summed E-state index contributed by atoms with van der Waals surface area (Å²) in [6, 6.07) is 1.44. The molecule has 0 aliphatic carbocycles. The Labute approximate surface area is 124 Å². The van der Waals surface area contributed by atoms with Crippen LogP contribution in [-0.4, -0.2) is 34.0 Å². The third-order valence-corrected chi connectivity index (χ3v) is 4.26. The number of carbonyl (C=O) groups is 1. The van der Waals surface area contributed by atoms with Gasteiger partial charge in [0.2, 0.25) is 22.6 Å². The first kappa shape index (κ1) is 17.0. The second kappa shape index (κ2) is 7.09. The van der Waals surface area contributed by atoms with E-state index >= 15 is 0 Å². The predicted molar refractivity (Wildman–Crippen MR) is 79.7 cm³/mol. The topological polar surface area (TPSA) is 71.1 Å². The highest BCUT2D eigenvalue weighted by molar-refractivity contribution is 7.71. The lowest BCUT2D eigenvalue weighted by atomic mass is 10.2. The van der Waals surface area contributed by atoms with Crippen molar-refractivity contribution in [1.82, 2.24) is 0 Å². The van der Waals surface area contributed by atoms with Crippen LogP contribution in [0, 0.1) is 0 Å². The number of allylic oxidation sites excluding steroid dienone is 1. The Kier molecular flexibility index (Phi) is 5.73. The molecule has 0 aliphatic rings. The molecule has 0 spiro atoms. The molecule has 1 rings (SSSR count). The highest BCUT2D eigenvalue weighted by atomic mass is 31.1. The smallest absolute Gasteiger partial charge is 0.462 e. The van der Waals surface area contributed by atoms with Crippen molar-refractivity contribution in [2.75, 3.05) is 28.4 Å². The van der Waals surface area contributed by atoms with Gasteiger partial charge in [0, 0.05) is 11.6 Å². The van der Waals surface area contributed by atoms with Crippen LogP contribution in [0.1, 0.15) is 6.92 Å². The van der Waals surface area contributed by atoms with Crippen LogP contribution in [0.3, 0.4) is 0 Å². The van der Waals surface area contributed by atoms with E-state index in [0.29, 0.717) is 11.5 Å². The summed E-state index contributed by atoms with van der Waals surface area (Å²) in [5.41, 5.74) is -0.357. The SMILES string of the molecule is C=C(C)C(=O)[P+](=O)c1cc(OC)c(OC)c(OC)c1OC. The van der Waals surface area contributed by atoms with Crippen LogP contribution in [0.4, 0.5) is 0 Å². The fourth-order valence-corrected chi connectivity index (χ4v) is 2.93. The van der Waals surface area contributed by atoms with Crippen molar-refractivity contribution >= 4 is 18.6 Å². The molecule has 0 aliphatic heterocycles. The van der Waals surface area contributed by atoms with E-state index < -0.39 is 13.3 Å². The Bertz CT molecular complexity index is 594. The minimum atomic E-state index is -2.39. The van der Waals surface area contributed by atoms with Gasteiger partial charge in [0.15, 0.2) is 5.75 Å². The second-order valence-electron chi connectivity index (χ2n) is 4.08. The molecule has 1 aromatic rings. The molecular formula is C14H18O6P+. The molecule has 0 radical (unpaired) electrons. The molecule has 0 aromatic heterocycles. The maximum Gasteiger partial charge on any atom is 0.462 e. The lowest BCUT2D eigenvalue weighted by Gasteiger charge is -2.14. The molecule has 114 valence electrons. The third kappa shape index (κ3) is 3.16. The van der Waals surface area contributed by atoms with E-state index in [4.69, 9.17) is 18.9 Å². The van der Waals surface area contributed by atoms with Crippen LogP contribution in [0.5, 0.6) is 23.0 Å². The molecular weight excluding hydrogens is 295 g/mol. The molecule has 0 heterocycles. The van der Waals surface area contributed by atoms with Gasteiger partial charge in [-0.1, -0.05) is 11.1 Å². The Hall–Kier alpha value is -2.07. The molecule has 1 atom stereocenters. The van der Waals surface area contributed by atoms with E-state index in [0.717, 1.165) is 0 Å². The number of methoxy groups -OCH3 is 4. The Morgan fingerprint density at radius 1 is 1.00 bits per heavy atom. The average Bonchev–Trinajstić information content (AvgIpc) is 2.50. The lowest BCUT2D eigenvalue weighted by Crippen LogP contribution is -2.11. The van der Waals surface area contributed by atoms with Crippen molar-refractivity contribution in [3.05, 3.63) is 18.2 Å². The van der Waals surface area contributed by atoms with Crippen LogP contribution < -0.4 is 24.3 Å². The zero-order valence-electron chi connectivity index (χ0n) is 12.7. The molecule has 0 fully saturated rings. The monoisotopic (exact) mass is 313 g/mol. The molecule has 0 saturated carbocycles. The molecule has 0 N–H and O–H groups in total. The van der Waals surface area contributed by atoms with Gasteiger partial charge < -0.3 is 18.9 Å². The summed E-state index contributed by atoms with van der Waals surface area (Å²) in [5.74, 6) is 0.980. The number of rotatable bonds is 7. The summed E-state index contributed by atoms with van der Waals surface area (Å²) in [5, 5.41) is 0.176. The minimum absolute atomic E-state index is 0.172. The third-order valence-electron chi connectivity index (χ3n) is 2.74. The maximum atomic E-state index is 12.4. The number of benzene rings is 1. The first-order valence-electron chi connectivity index (χ1n) is 5.96. The van der Waals surface area contributed by atoms with Crippen LogP contribution in [0.2, 0.25) is 0 Å². The molecule has 0 amide bonds. The minimum Gasteiger partial charge on any atom is -0.493 e. The highest BCUT2D eigenvalue weighted by Crippen LogP contribution is 2.46. The largest absolute Gasteiger partial charge is 0.493 e. The zero-order valence-corrected chi connectivity index (χ0v) is 13.6. The van der Waals surface area contributed by atoms with Crippen molar-refractivity contribution in [3.8, 4) is 23.0 Å². The van der Waals surface area contributed by atoms with Crippen molar-refractivity contribution in [2.24, 2.45) is 0 Å². The lowest BCUT2D eigenvalue weighted by molar-refractivity contribution is -0.108. The summed E-state index contributed by atoms with van der Waals surface area (Å²) in [7, 11) is 3.29. The van der Waals surface area contributed by atoms with E-state index in [1.807, 2.05) is 0 Å². The summed E-state index contributed by atoms with van der Waals surface area (Å²) >= 11 is 0. The van der Waals surface area contributed by atoms with Gasteiger partial charge in [-0.05, 0) is 6.92 Å². The van der Waals surface area contributed by atoms with Gasteiger partial charge in [0.25, 0.3) is 0 Å². The zero-order chi connectivity index (χ0) is 16.2. The van der Waals surface area contributed by atoms with Gasteiger partial charge in [0.1, 0.15) is 0 Å². The second-order valence-corrected chi connectivity index (χ2v) is 5.55. The summed E-state index contributed by atoms with van der Waals surface area (Å²) < 4.78 is 33.3. The fourth-order valence-electron chi connectivity index (χ4n) is 1.75. The van der Waals surface area contributed by atoms with E-state index in [1.54, 1.807) is 0 Å². The standard InChI is InChI=1S/C14H18O6P/c1-8(2)14(15)21(16)10-7-9(17-3)11(18-4)13(20-6)12(10)19-5/h7H,1H2,2-6H3/q+1. The van der Waals surface area contributed by atoms with E-state index in [-0.39, 0.29) is 22.4 Å². The first-order chi connectivity index (χ1) is 9.92. The molecule has 0 bridgehead atoms. The molecule has 21 heavy (non-hydrogen) atoms. The van der Waals surface area contributed by atoms with Crippen molar-refractivity contribution in [1.29, 1.82) is 0 Å². The van der Waals surface area contributed by atoms with Gasteiger partial charge in [-0.15, -0.1) is 0 Å². The van der Waals surface area contributed by atoms with Crippen LogP contribution in [-0.2, 0) is 9.36 Å². The molecule has 7 heteroatoms. The molecule has 1 aromatic carbocycles. The number of carbonyl (C=O) groups excluding carboxylic acids is 1. The maximum absolute atomic E-state index is 12.4. The van der Waals surface area contributed by atoms with Gasteiger partial charge in [-0.3, -0.25) is 0 Å². The van der Waals surface area contributed by atoms with Crippen molar-refractivity contribution < 1.29 is 28.3 Å². The average molecular weight is 313 g/mol. The summed E-state index contributed by atoms with van der Waals surface area (Å²) in [4.78, 5) is 11.9. The van der Waals surface area contributed by atoms with E-state index in [1.165, 1.54) is 41.4 Å². The molecule has 6 nitrogen and oxygen atoms in total. The van der Waals surface area contributed by atoms with Gasteiger partial charge >= 0.3 is 13.3 Å². The van der Waals surface area contributed by atoms with Crippen molar-refractivity contribution in [3.63, 3.8) is 0 Å². The Morgan fingerprint density at radius 2 is 1.52 bits per heavy atom. The van der Waals surface area contributed by atoms with E-state index in [2.05, 4.69) is 6.58 Å². The number of ether oxygens (including phenoxy) is 4. The highest BCUT2D eigenvalue weighted by Gasteiger charge is 2.39. The van der Waals surface area contributed by atoms with Crippen LogP contribution in [0.25, 0.3) is 0 Å². The number of hydrogen-bond donors (Lipinski definition) is 0. The summed E-state index contributed by atoms with van der Waals surface area (Å²) in [6.07, 6.45) is 0. The molecule has 1 unspecified atom stereocenters. The van der Waals surface area contributed by atoms with E-state index in [9.17, 15) is 9.36 Å². The Balaban J connectivity index is 3.62. The molecule has 0 saturated heterocycles. The Morgan fingerprint density at radius 3 is 1.90 bits per heavy atom.